The summed E-state index contributed by atoms with van der Waals surface area (Å²) in [5.74, 6) is 0.112. The summed E-state index contributed by atoms with van der Waals surface area (Å²) in [7, 11) is 4.31. The molecule has 0 aromatic heterocycles. The minimum Gasteiger partial charge on any atom is -0.311 e. The number of nitrogens with zero attached hydrogens (tertiary/aromatic N) is 3. The van der Waals surface area contributed by atoms with Gasteiger partial charge in [0, 0.05) is 23.5 Å². The largest absolute Gasteiger partial charge is 0.311 e. The van der Waals surface area contributed by atoms with Crippen LogP contribution < -0.4 is 4.90 Å². The van der Waals surface area contributed by atoms with Gasteiger partial charge in [-0.3, -0.25) is 9.69 Å². The Bertz CT molecular complexity index is 956. The maximum atomic E-state index is 12.9. The Hall–Kier alpha value is -2.35. The number of hydrogen-bond donors (Lipinski definition) is 0. The van der Waals surface area contributed by atoms with E-state index in [9.17, 15) is 10.1 Å². The van der Waals surface area contributed by atoms with Crippen molar-refractivity contribution in [1.29, 1.82) is 5.26 Å². The summed E-state index contributed by atoms with van der Waals surface area (Å²) in [6.07, 6.45) is 4.60. The van der Waals surface area contributed by atoms with Crippen LogP contribution in [0.25, 0.3) is 0 Å². The molecular formula is C24H26ClN3O. The van der Waals surface area contributed by atoms with Gasteiger partial charge in [-0.2, -0.15) is 5.26 Å². The summed E-state index contributed by atoms with van der Waals surface area (Å²) in [5.41, 5.74) is 2.50. The molecule has 1 aliphatic carbocycles. The first-order chi connectivity index (χ1) is 13.9. The Kier molecular flexibility index (Phi) is 5.14. The highest BCUT2D eigenvalue weighted by Crippen LogP contribution is 2.52. The van der Waals surface area contributed by atoms with Gasteiger partial charge in [-0.15, -0.1) is 0 Å². The van der Waals surface area contributed by atoms with Crippen LogP contribution in [-0.2, 0) is 10.3 Å². The van der Waals surface area contributed by atoms with Gasteiger partial charge in [0.2, 0.25) is 5.91 Å². The van der Waals surface area contributed by atoms with Crippen LogP contribution in [0.2, 0.25) is 5.02 Å². The van der Waals surface area contributed by atoms with E-state index in [1.54, 1.807) is 23.1 Å². The number of anilines is 1. The SMILES string of the molecule is CN(C)C1(c2ccccc2)CCC2(CC1)CC(=O)N(c1ccc(Cl)cc1C#N)C2. The monoisotopic (exact) mass is 407 g/mol. The van der Waals surface area contributed by atoms with E-state index in [0.29, 0.717) is 29.2 Å². The van der Waals surface area contributed by atoms with E-state index in [1.807, 2.05) is 0 Å². The number of amides is 1. The van der Waals surface area contributed by atoms with Crippen molar-refractivity contribution >= 4 is 23.2 Å². The van der Waals surface area contributed by atoms with Crippen molar-refractivity contribution in [3.63, 3.8) is 0 Å². The number of rotatable bonds is 3. The summed E-state index contributed by atoms with van der Waals surface area (Å²) < 4.78 is 0. The Labute approximate surface area is 177 Å². The maximum Gasteiger partial charge on any atom is 0.227 e. The average Bonchev–Trinajstić information content (AvgIpc) is 3.04. The highest BCUT2D eigenvalue weighted by Gasteiger charge is 2.50. The second kappa shape index (κ2) is 7.48. The lowest BCUT2D eigenvalue weighted by molar-refractivity contribution is -0.118. The third-order valence-corrected chi connectivity index (χ3v) is 7.23. The van der Waals surface area contributed by atoms with Crippen LogP contribution in [0.15, 0.2) is 48.5 Å². The Morgan fingerprint density at radius 1 is 1.07 bits per heavy atom. The van der Waals surface area contributed by atoms with Crippen molar-refractivity contribution in [3.05, 3.63) is 64.7 Å². The van der Waals surface area contributed by atoms with Crippen molar-refractivity contribution in [3.8, 4) is 6.07 Å². The molecule has 1 saturated carbocycles. The van der Waals surface area contributed by atoms with Crippen molar-refractivity contribution in [2.75, 3.05) is 25.5 Å². The van der Waals surface area contributed by atoms with E-state index in [4.69, 9.17) is 11.6 Å². The standard InChI is InChI=1S/C24H26ClN3O/c1-27(2)24(19-6-4-3-5-7-19)12-10-23(11-13-24)15-22(29)28(17-23)21-9-8-20(25)14-18(21)16-26/h3-9,14H,10-13,15,17H2,1-2H3. The zero-order valence-electron chi connectivity index (χ0n) is 17.0. The third kappa shape index (κ3) is 3.43. The summed E-state index contributed by atoms with van der Waals surface area (Å²) in [6, 6.07) is 18.1. The highest BCUT2D eigenvalue weighted by atomic mass is 35.5. The van der Waals surface area contributed by atoms with Crippen LogP contribution in [0.1, 0.15) is 43.2 Å². The minimum atomic E-state index is -0.0161. The molecule has 150 valence electrons. The lowest BCUT2D eigenvalue weighted by atomic mass is 9.64. The number of nitriles is 1. The molecule has 2 fully saturated rings. The molecule has 0 N–H and O–H groups in total. The fourth-order valence-electron chi connectivity index (χ4n) is 5.22. The Morgan fingerprint density at radius 3 is 2.38 bits per heavy atom. The molecule has 0 bridgehead atoms. The molecule has 0 unspecified atom stereocenters. The molecule has 1 aliphatic heterocycles. The summed E-state index contributed by atoms with van der Waals surface area (Å²) in [5, 5.41) is 10.0. The number of hydrogen-bond acceptors (Lipinski definition) is 3. The lowest BCUT2D eigenvalue weighted by Crippen LogP contribution is -2.47. The molecule has 1 heterocycles. The molecule has 2 aliphatic rings. The molecule has 0 radical (unpaired) electrons. The van der Waals surface area contributed by atoms with Crippen LogP contribution in [0, 0.1) is 16.7 Å². The van der Waals surface area contributed by atoms with E-state index in [-0.39, 0.29) is 16.9 Å². The predicted molar refractivity (Wildman–Crippen MR) is 116 cm³/mol. The Balaban J connectivity index is 1.58. The quantitative estimate of drug-likeness (QED) is 0.721. The van der Waals surface area contributed by atoms with Gasteiger partial charge in [-0.1, -0.05) is 41.9 Å². The number of benzene rings is 2. The van der Waals surface area contributed by atoms with E-state index >= 15 is 0 Å². The maximum absolute atomic E-state index is 12.9. The molecular weight excluding hydrogens is 382 g/mol. The van der Waals surface area contributed by atoms with Crippen LogP contribution in [0.5, 0.6) is 0 Å². The van der Waals surface area contributed by atoms with Crippen molar-refractivity contribution in [2.24, 2.45) is 5.41 Å². The smallest absolute Gasteiger partial charge is 0.227 e. The van der Waals surface area contributed by atoms with Crippen LogP contribution in [0.3, 0.4) is 0 Å². The molecule has 1 saturated heterocycles. The first-order valence-corrected chi connectivity index (χ1v) is 10.5. The molecule has 2 aromatic carbocycles. The van der Waals surface area contributed by atoms with Crippen LogP contribution in [-0.4, -0.2) is 31.4 Å². The number of carbonyl (C=O) groups is 1. The van der Waals surface area contributed by atoms with E-state index in [1.165, 1.54) is 5.56 Å². The van der Waals surface area contributed by atoms with E-state index in [2.05, 4.69) is 55.4 Å². The first kappa shape index (κ1) is 19.9. The fourth-order valence-corrected chi connectivity index (χ4v) is 5.39. The molecule has 1 spiro atoms. The molecule has 29 heavy (non-hydrogen) atoms. The third-order valence-electron chi connectivity index (χ3n) is 7.00. The van der Waals surface area contributed by atoms with E-state index < -0.39 is 0 Å². The highest BCUT2D eigenvalue weighted by molar-refractivity contribution is 6.30. The van der Waals surface area contributed by atoms with Gasteiger partial charge < -0.3 is 4.90 Å². The molecule has 1 amide bonds. The number of carbonyl (C=O) groups excluding carboxylic acids is 1. The molecule has 0 atom stereocenters. The zero-order chi connectivity index (χ0) is 20.6. The van der Waals surface area contributed by atoms with Crippen LogP contribution in [0.4, 0.5) is 5.69 Å². The minimum absolute atomic E-state index is 0.0149. The van der Waals surface area contributed by atoms with Gasteiger partial charge in [0.05, 0.1) is 11.3 Å². The lowest BCUT2D eigenvalue weighted by Gasteiger charge is -2.48. The van der Waals surface area contributed by atoms with Gasteiger partial charge >= 0.3 is 0 Å². The first-order valence-electron chi connectivity index (χ1n) is 10.1. The topological polar surface area (TPSA) is 47.3 Å². The van der Waals surface area contributed by atoms with Crippen molar-refractivity contribution in [1.82, 2.24) is 4.90 Å². The van der Waals surface area contributed by atoms with Crippen LogP contribution >= 0.6 is 11.6 Å². The molecule has 2 aromatic rings. The predicted octanol–water partition coefficient (Wildman–Crippen LogP) is 4.97. The van der Waals surface area contributed by atoms with Crippen molar-refractivity contribution in [2.45, 2.75) is 37.6 Å². The van der Waals surface area contributed by atoms with Gasteiger partial charge in [-0.25, -0.2) is 0 Å². The normalized spacial score (nSPS) is 26.9. The van der Waals surface area contributed by atoms with Gasteiger partial charge in [-0.05, 0) is 69.0 Å². The summed E-state index contributed by atoms with van der Waals surface area (Å²) in [4.78, 5) is 17.1. The second-order valence-electron chi connectivity index (χ2n) is 8.72. The second-order valence-corrected chi connectivity index (χ2v) is 9.16. The summed E-state index contributed by atoms with van der Waals surface area (Å²) in [6.45, 7) is 0.681. The summed E-state index contributed by atoms with van der Waals surface area (Å²) >= 11 is 6.04. The van der Waals surface area contributed by atoms with Crippen molar-refractivity contribution < 1.29 is 4.79 Å². The number of halogens is 1. The molecule has 5 heteroatoms. The van der Waals surface area contributed by atoms with E-state index in [0.717, 1.165) is 25.7 Å². The molecule has 4 nitrogen and oxygen atoms in total. The zero-order valence-corrected chi connectivity index (χ0v) is 17.7. The molecule has 4 rings (SSSR count). The average molecular weight is 408 g/mol. The fraction of sp³-hybridized carbons (Fsp3) is 0.417. The van der Waals surface area contributed by atoms with Gasteiger partial charge in [0.1, 0.15) is 6.07 Å². The van der Waals surface area contributed by atoms with Gasteiger partial charge in [0.25, 0.3) is 0 Å². The van der Waals surface area contributed by atoms with Gasteiger partial charge in [0.15, 0.2) is 0 Å². The Morgan fingerprint density at radius 2 is 1.76 bits per heavy atom.